The summed E-state index contributed by atoms with van der Waals surface area (Å²) in [7, 11) is 0. The Morgan fingerprint density at radius 2 is 2.33 bits per heavy atom. The standard InChI is InChI=1S/C13H19NS/c1-10-3-2-4-12-9-11(5-7-14)6-8-15-13(10)12/h2-4,11H,5-9,14H2,1H3. The van der Waals surface area contributed by atoms with Gasteiger partial charge in [-0.05, 0) is 55.5 Å². The molecule has 1 aliphatic rings. The molecule has 0 bridgehead atoms. The Bertz CT molecular complexity index is 335. The smallest absolute Gasteiger partial charge is 0.0133 e. The van der Waals surface area contributed by atoms with Crippen LogP contribution < -0.4 is 5.73 Å². The van der Waals surface area contributed by atoms with Gasteiger partial charge in [0.05, 0.1) is 0 Å². The average molecular weight is 221 g/mol. The summed E-state index contributed by atoms with van der Waals surface area (Å²) in [4.78, 5) is 1.53. The fourth-order valence-electron chi connectivity index (χ4n) is 2.30. The minimum absolute atomic E-state index is 0.797. The Morgan fingerprint density at radius 1 is 1.47 bits per heavy atom. The summed E-state index contributed by atoms with van der Waals surface area (Å²) >= 11 is 2.02. The average Bonchev–Trinajstić information content (AvgIpc) is 2.41. The van der Waals surface area contributed by atoms with Crippen molar-refractivity contribution in [1.82, 2.24) is 0 Å². The third-order valence-electron chi connectivity index (χ3n) is 3.15. The fraction of sp³-hybridized carbons (Fsp3) is 0.538. The second-order valence-corrected chi connectivity index (χ2v) is 5.45. The van der Waals surface area contributed by atoms with E-state index in [-0.39, 0.29) is 0 Å². The zero-order chi connectivity index (χ0) is 10.7. The van der Waals surface area contributed by atoms with Gasteiger partial charge in [-0.2, -0.15) is 0 Å². The molecular formula is C13H19NS. The molecule has 0 fully saturated rings. The van der Waals surface area contributed by atoms with E-state index >= 15 is 0 Å². The number of thioether (sulfide) groups is 1. The minimum atomic E-state index is 0.797. The lowest BCUT2D eigenvalue weighted by Crippen LogP contribution is -2.11. The predicted molar refractivity (Wildman–Crippen MR) is 67.4 cm³/mol. The van der Waals surface area contributed by atoms with Gasteiger partial charge in [0.2, 0.25) is 0 Å². The summed E-state index contributed by atoms with van der Waals surface area (Å²) in [5.41, 5.74) is 8.63. The van der Waals surface area contributed by atoms with Crippen LogP contribution in [0.5, 0.6) is 0 Å². The molecule has 82 valence electrons. The summed E-state index contributed by atoms with van der Waals surface area (Å²) in [6.45, 7) is 3.05. The molecular weight excluding hydrogens is 202 g/mol. The molecule has 1 aromatic carbocycles. The lowest BCUT2D eigenvalue weighted by atomic mass is 9.93. The van der Waals surface area contributed by atoms with Crippen LogP contribution in [0, 0.1) is 12.8 Å². The Balaban J connectivity index is 2.22. The van der Waals surface area contributed by atoms with Gasteiger partial charge >= 0.3 is 0 Å². The molecule has 0 aromatic heterocycles. The first-order chi connectivity index (χ1) is 7.31. The lowest BCUT2D eigenvalue weighted by Gasteiger charge is -2.13. The number of aryl methyl sites for hydroxylation is 1. The number of rotatable bonds is 2. The van der Waals surface area contributed by atoms with Gasteiger partial charge in [0.15, 0.2) is 0 Å². The minimum Gasteiger partial charge on any atom is -0.330 e. The highest BCUT2D eigenvalue weighted by Crippen LogP contribution is 2.34. The van der Waals surface area contributed by atoms with Crippen LogP contribution in [-0.2, 0) is 6.42 Å². The van der Waals surface area contributed by atoms with Gasteiger partial charge < -0.3 is 5.73 Å². The van der Waals surface area contributed by atoms with Crippen LogP contribution in [0.1, 0.15) is 24.0 Å². The molecule has 0 radical (unpaired) electrons. The molecule has 0 amide bonds. The van der Waals surface area contributed by atoms with E-state index < -0.39 is 0 Å². The van der Waals surface area contributed by atoms with Gasteiger partial charge in [0, 0.05) is 4.90 Å². The number of benzene rings is 1. The molecule has 1 aliphatic heterocycles. The maximum atomic E-state index is 5.65. The molecule has 2 N–H and O–H groups in total. The molecule has 1 heterocycles. The Morgan fingerprint density at radius 3 is 3.13 bits per heavy atom. The van der Waals surface area contributed by atoms with Crippen molar-refractivity contribution >= 4 is 11.8 Å². The summed E-state index contributed by atoms with van der Waals surface area (Å²) in [5, 5.41) is 0. The van der Waals surface area contributed by atoms with Crippen LogP contribution in [0.4, 0.5) is 0 Å². The molecule has 0 saturated carbocycles. The maximum absolute atomic E-state index is 5.65. The summed E-state index contributed by atoms with van der Waals surface area (Å²) < 4.78 is 0. The predicted octanol–water partition coefficient (Wildman–Crippen LogP) is 3.00. The summed E-state index contributed by atoms with van der Waals surface area (Å²) in [6.07, 6.45) is 3.71. The van der Waals surface area contributed by atoms with Gasteiger partial charge in [0.1, 0.15) is 0 Å². The topological polar surface area (TPSA) is 26.0 Å². The first kappa shape index (κ1) is 11.0. The van der Waals surface area contributed by atoms with Crippen LogP contribution in [0.25, 0.3) is 0 Å². The Hall–Kier alpha value is -0.470. The number of hydrogen-bond acceptors (Lipinski definition) is 2. The quantitative estimate of drug-likeness (QED) is 0.831. The van der Waals surface area contributed by atoms with E-state index in [1.807, 2.05) is 11.8 Å². The van der Waals surface area contributed by atoms with E-state index in [0.29, 0.717) is 0 Å². The molecule has 15 heavy (non-hydrogen) atoms. The largest absolute Gasteiger partial charge is 0.330 e. The van der Waals surface area contributed by atoms with E-state index in [0.717, 1.165) is 12.5 Å². The Kier molecular flexibility index (Phi) is 3.71. The normalized spacial score (nSPS) is 20.8. The molecule has 0 spiro atoms. The third kappa shape index (κ3) is 2.56. The molecule has 1 nitrogen and oxygen atoms in total. The number of nitrogens with two attached hydrogens (primary N) is 1. The van der Waals surface area contributed by atoms with Crippen molar-refractivity contribution in [2.45, 2.75) is 31.1 Å². The van der Waals surface area contributed by atoms with Gasteiger partial charge in [0.25, 0.3) is 0 Å². The van der Waals surface area contributed by atoms with Crippen molar-refractivity contribution in [1.29, 1.82) is 0 Å². The first-order valence-electron chi connectivity index (χ1n) is 5.72. The molecule has 2 rings (SSSR count). The highest BCUT2D eigenvalue weighted by atomic mass is 32.2. The molecule has 1 atom stereocenters. The van der Waals surface area contributed by atoms with E-state index in [4.69, 9.17) is 5.73 Å². The summed E-state index contributed by atoms with van der Waals surface area (Å²) in [5.74, 6) is 2.05. The van der Waals surface area contributed by atoms with Gasteiger partial charge in [-0.1, -0.05) is 18.2 Å². The van der Waals surface area contributed by atoms with Gasteiger partial charge in [-0.15, -0.1) is 11.8 Å². The molecule has 0 saturated heterocycles. The van der Waals surface area contributed by atoms with Crippen LogP contribution in [0.3, 0.4) is 0 Å². The zero-order valence-electron chi connectivity index (χ0n) is 9.33. The van der Waals surface area contributed by atoms with E-state index in [1.54, 1.807) is 0 Å². The van der Waals surface area contributed by atoms with Crippen molar-refractivity contribution in [3.8, 4) is 0 Å². The van der Waals surface area contributed by atoms with Crippen molar-refractivity contribution in [3.05, 3.63) is 29.3 Å². The fourth-order valence-corrected chi connectivity index (χ4v) is 3.59. The highest BCUT2D eigenvalue weighted by molar-refractivity contribution is 7.99. The van der Waals surface area contributed by atoms with Crippen molar-refractivity contribution < 1.29 is 0 Å². The van der Waals surface area contributed by atoms with Crippen molar-refractivity contribution in [2.75, 3.05) is 12.3 Å². The molecule has 1 unspecified atom stereocenters. The monoisotopic (exact) mass is 221 g/mol. The van der Waals surface area contributed by atoms with Crippen LogP contribution in [0.15, 0.2) is 23.1 Å². The SMILES string of the molecule is Cc1cccc2c1SCCC(CCN)C2. The Labute approximate surface area is 96.4 Å². The second kappa shape index (κ2) is 5.04. The third-order valence-corrected chi connectivity index (χ3v) is 4.46. The van der Waals surface area contributed by atoms with Crippen LogP contribution >= 0.6 is 11.8 Å². The van der Waals surface area contributed by atoms with Gasteiger partial charge in [-0.25, -0.2) is 0 Å². The molecule has 2 heteroatoms. The van der Waals surface area contributed by atoms with Crippen LogP contribution in [-0.4, -0.2) is 12.3 Å². The van der Waals surface area contributed by atoms with E-state index in [9.17, 15) is 0 Å². The van der Waals surface area contributed by atoms with Crippen molar-refractivity contribution in [2.24, 2.45) is 11.7 Å². The maximum Gasteiger partial charge on any atom is 0.0133 e. The van der Waals surface area contributed by atoms with E-state index in [2.05, 4.69) is 25.1 Å². The summed E-state index contributed by atoms with van der Waals surface area (Å²) in [6, 6.07) is 6.68. The van der Waals surface area contributed by atoms with Crippen LogP contribution in [0.2, 0.25) is 0 Å². The number of hydrogen-bond donors (Lipinski definition) is 1. The highest BCUT2D eigenvalue weighted by Gasteiger charge is 2.17. The van der Waals surface area contributed by atoms with Gasteiger partial charge in [-0.3, -0.25) is 0 Å². The first-order valence-corrected chi connectivity index (χ1v) is 6.71. The molecule has 1 aromatic rings. The zero-order valence-corrected chi connectivity index (χ0v) is 10.1. The van der Waals surface area contributed by atoms with E-state index in [1.165, 1.54) is 41.0 Å². The van der Waals surface area contributed by atoms with Crippen molar-refractivity contribution in [3.63, 3.8) is 0 Å². The second-order valence-electron chi connectivity index (χ2n) is 4.35. The molecule has 0 aliphatic carbocycles. The lowest BCUT2D eigenvalue weighted by molar-refractivity contribution is 0.479. The number of fused-ring (bicyclic) bond motifs is 1.